The molecular formula is C24H22FN7O. The maximum atomic E-state index is 13.5. The van der Waals surface area contributed by atoms with Crippen LogP contribution in [-0.2, 0) is 16.6 Å². The molecule has 1 aromatic carbocycles. The number of hydrogen-bond donors (Lipinski definition) is 2. The second-order valence-electron chi connectivity index (χ2n) is 8.97. The van der Waals surface area contributed by atoms with Crippen molar-refractivity contribution in [3.8, 4) is 11.5 Å². The lowest BCUT2D eigenvalue weighted by atomic mass is 9.78. The number of rotatable bonds is 4. The lowest BCUT2D eigenvalue weighted by Crippen LogP contribution is -2.33. The molecule has 9 heteroatoms. The number of nitrogen functional groups attached to an aromatic ring is 1. The Hall–Kier alpha value is -3.88. The van der Waals surface area contributed by atoms with Crippen molar-refractivity contribution in [3.05, 3.63) is 65.5 Å². The van der Waals surface area contributed by atoms with E-state index in [9.17, 15) is 9.18 Å². The van der Waals surface area contributed by atoms with Gasteiger partial charge >= 0.3 is 0 Å². The Morgan fingerprint density at radius 2 is 2.00 bits per heavy atom. The van der Waals surface area contributed by atoms with E-state index in [1.807, 2.05) is 16.8 Å². The summed E-state index contributed by atoms with van der Waals surface area (Å²) >= 11 is 0. The van der Waals surface area contributed by atoms with Crippen LogP contribution in [0.2, 0.25) is 0 Å². The highest BCUT2D eigenvalue weighted by molar-refractivity contribution is 6.09. The average molecular weight is 443 g/mol. The van der Waals surface area contributed by atoms with Gasteiger partial charge < -0.3 is 15.5 Å². The Bertz CT molecular complexity index is 1410. The molecule has 1 unspecified atom stereocenters. The summed E-state index contributed by atoms with van der Waals surface area (Å²) in [6, 6.07) is 5.81. The van der Waals surface area contributed by atoms with Gasteiger partial charge in [0.25, 0.3) is 0 Å². The minimum Gasteiger partial charge on any atom is -0.383 e. The van der Waals surface area contributed by atoms with Gasteiger partial charge in [0.05, 0.1) is 11.3 Å². The number of fused-ring (bicyclic) bond motifs is 2. The fourth-order valence-corrected chi connectivity index (χ4v) is 4.79. The molecule has 1 atom stereocenters. The molecule has 1 fully saturated rings. The van der Waals surface area contributed by atoms with Crippen LogP contribution < -0.4 is 11.1 Å². The fourth-order valence-electron chi connectivity index (χ4n) is 4.79. The monoisotopic (exact) mass is 443 g/mol. The van der Waals surface area contributed by atoms with E-state index in [0.29, 0.717) is 34.4 Å². The van der Waals surface area contributed by atoms with Crippen molar-refractivity contribution >= 4 is 23.2 Å². The van der Waals surface area contributed by atoms with Gasteiger partial charge in [-0.2, -0.15) is 0 Å². The maximum absolute atomic E-state index is 13.5. The van der Waals surface area contributed by atoms with Gasteiger partial charge in [-0.25, -0.2) is 24.3 Å². The van der Waals surface area contributed by atoms with Crippen LogP contribution in [0.25, 0.3) is 17.2 Å². The number of imidazole rings is 1. The van der Waals surface area contributed by atoms with Crippen LogP contribution in [0.5, 0.6) is 0 Å². The van der Waals surface area contributed by atoms with Crippen molar-refractivity contribution < 1.29 is 9.18 Å². The van der Waals surface area contributed by atoms with Crippen molar-refractivity contribution in [1.82, 2.24) is 24.3 Å². The Balaban J connectivity index is 1.46. The number of halogens is 1. The smallest absolute Gasteiger partial charge is 0.240 e. The molecule has 4 heterocycles. The van der Waals surface area contributed by atoms with Crippen LogP contribution in [0.3, 0.4) is 0 Å². The van der Waals surface area contributed by atoms with Gasteiger partial charge in [-0.15, -0.1) is 0 Å². The number of carbonyl (C=O) groups is 1. The molecular weight excluding hydrogens is 421 g/mol. The first-order valence-corrected chi connectivity index (χ1v) is 11.0. The zero-order valence-corrected chi connectivity index (χ0v) is 18.0. The van der Waals surface area contributed by atoms with Crippen LogP contribution in [0.15, 0.2) is 42.9 Å². The normalized spacial score (nSPS) is 20.0. The molecule has 2 aliphatic rings. The summed E-state index contributed by atoms with van der Waals surface area (Å²) in [4.78, 5) is 31.5. The molecule has 0 radical (unpaired) electrons. The molecule has 33 heavy (non-hydrogen) atoms. The van der Waals surface area contributed by atoms with Crippen molar-refractivity contribution in [3.63, 3.8) is 0 Å². The molecule has 166 valence electrons. The van der Waals surface area contributed by atoms with Gasteiger partial charge in [-0.3, -0.25) is 4.79 Å². The number of nitrogens with two attached hydrogens (primary N) is 1. The van der Waals surface area contributed by atoms with Gasteiger partial charge in [0.2, 0.25) is 5.91 Å². The van der Waals surface area contributed by atoms with Gasteiger partial charge in [-0.1, -0.05) is 31.4 Å². The molecule has 4 aromatic rings. The SMILES string of the molecule is CC1(c2ccc(F)cc2)C(=O)Nc2nc(-c3cn4ccnc4c(CC4CCC4)n3)nc(N)c21. The van der Waals surface area contributed by atoms with Crippen LogP contribution in [0.4, 0.5) is 16.0 Å². The molecule has 0 spiro atoms. The molecule has 1 saturated carbocycles. The lowest BCUT2D eigenvalue weighted by Gasteiger charge is -2.25. The van der Waals surface area contributed by atoms with E-state index in [2.05, 4.69) is 20.3 Å². The zero-order chi connectivity index (χ0) is 22.7. The third-order valence-corrected chi connectivity index (χ3v) is 6.92. The van der Waals surface area contributed by atoms with Crippen molar-refractivity contribution in [2.45, 2.75) is 38.0 Å². The Labute approximate surface area is 189 Å². The van der Waals surface area contributed by atoms with E-state index >= 15 is 0 Å². The standard InChI is InChI=1S/C24H22FN7O/c1-24(14-5-7-15(25)8-6-14)18-19(26)29-20(30-21(18)31-23(24)33)17-12-32-10-9-27-22(32)16(28-17)11-13-3-2-4-13/h5-10,12-13H,2-4,11H2,1H3,(H3,26,29,30,31,33). The third kappa shape index (κ3) is 2.99. The summed E-state index contributed by atoms with van der Waals surface area (Å²) in [5.41, 5.74) is 8.67. The van der Waals surface area contributed by atoms with Crippen LogP contribution in [0.1, 0.15) is 43.0 Å². The van der Waals surface area contributed by atoms with E-state index in [4.69, 9.17) is 10.7 Å². The third-order valence-electron chi connectivity index (χ3n) is 6.92. The molecule has 1 amide bonds. The summed E-state index contributed by atoms with van der Waals surface area (Å²) in [5.74, 6) is 0.830. The highest BCUT2D eigenvalue weighted by Crippen LogP contribution is 2.45. The van der Waals surface area contributed by atoms with E-state index < -0.39 is 5.41 Å². The number of benzene rings is 1. The molecule has 0 saturated heterocycles. The second kappa shape index (κ2) is 7.06. The first kappa shape index (κ1) is 19.8. The topological polar surface area (TPSA) is 111 Å². The number of aromatic nitrogens is 5. The number of nitrogens with one attached hydrogen (secondary N) is 1. The summed E-state index contributed by atoms with van der Waals surface area (Å²) < 4.78 is 15.4. The maximum Gasteiger partial charge on any atom is 0.240 e. The summed E-state index contributed by atoms with van der Waals surface area (Å²) in [7, 11) is 0. The highest BCUT2D eigenvalue weighted by Gasteiger charge is 2.47. The quantitative estimate of drug-likeness (QED) is 0.499. The van der Waals surface area contributed by atoms with Gasteiger partial charge in [0.15, 0.2) is 11.5 Å². The van der Waals surface area contributed by atoms with Crippen LogP contribution in [-0.4, -0.2) is 30.2 Å². The average Bonchev–Trinajstić information content (AvgIpc) is 3.34. The minimum absolute atomic E-state index is 0.188. The summed E-state index contributed by atoms with van der Waals surface area (Å²) in [6.45, 7) is 1.74. The fraction of sp³-hybridized carbons (Fsp3) is 0.292. The Morgan fingerprint density at radius 3 is 2.73 bits per heavy atom. The molecule has 1 aliphatic heterocycles. The molecule has 3 N–H and O–H groups in total. The number of anilines is 2. The predicted octanol–water partition coefficient (Wildman–Crippen LogP) is 3.51. The van der Waals surface area contributed by atoms with Crippen LogP contribution in [0, 0.1) is 11.7 Å². The van der Waals surface area contributed by atoms with E-state index in [0.717, 1.165) is 17.8 Å². The number of nitrogens with zero attached hydrogens (tertiary/aromatic N) is 5. The van der Waals surface area contributed by atoms with E-state index in [-0.39, 0.29) is 17.5 Å². The zero-order valence-electron chi connectivity index (χ0n) is 18.0. The molecule has 0 bridgehead atoms. The summed E-state index contributed by atoms with van der Waals surface area (Å²) in [5, 5.41) is 2.84. The lowest BCUT2D eigenvalue weighted by molar-refractivity contribution is -0.119. The Kier molecular flexibility index (Phi) is 4.23. The molecule has 1 aliphatic carbocycles. The minimum atomic E-state index is -1.12. The van der Waals surface area contributed by atoms with Crippen molar-refractivity contribution in [2.75, 3.05) is 11.1 Å². The van der Waals surface area contributed by atoms with Crippen molar-refractivity contribution in [2.24, 2.45) is 5.92 Å². The first-order valence-electron chi connectivity index (χ1n) is 11.0. The number of hydrogen-bond acceptors (Lipinski definition) is 6. The van der Waals surface area contributed by atoms with Gasteiger partial charge in [-0.05, 0) is 37.0 Å². The van der Waals surface area contributed by atoms with Gasteiger partial charge in [0.1, 0.15) is 28.6 Å². The second-order valence-corrected chi connectivity index (χ2v) is 8.97. The molecule has 8 nitrogen and oxygen atoms in total. The van der Waals surface area contributed by atoms with Crippen LogP contribution >= 0.6 is 0 Å². The largest absolute Gasteiger partial charge is 0.383 e. The van der Waals surface area contributed by atoms with Gasteiger partial charge in [0, 0.05) is 18.6 Å². The molecule has 3 aromatic heterocycles. The predicted molar refractivity (Wildman–Crippen MR) is 121 cm³/mol. The molecule has 6 rings (SSSR count). The number of amides is 1. The van der Waals surface area contributed by atoms with Crippen molar-refractivity contribution in [1.29, 1.82) is 0 Å². The Morgan fingerprint density at radius 1 is 1.21 bits per heavy atom. The highest BCUT2D eigenvalue weighted by atomic mass is 19.1. The number of carbonyl (C=O) groups excluding carboxylic acids is 1. The summed E-state index contributed by atoms with van der Waals surface area (Å²) in [6.07, 6.45) is 9.96. The first-order chi connectivity index (χ1) is 15.9. The van der Waals surface area contributed by atoms with E-state index in [1.54, 1.807) is 25.3 Å². The van der Waals surface area contributed by atoms with E-state index in [1.165, 1.54) is 31.4 Å².